The average Bonchev–Trinajstić information content (AvgIpc) is 3.30. The molecule has 0 radical (unpaired) electrons. The minimum atomic E-state index is 0. The lowest BCUT2D eigenvalue weighted by molar-refractivity contribution is 0.150. The van der Waals surface area contributed by atoms with Crippen molar-refractivity contribution in [3.8, 4) is 11.5 Å². The average molecular weight is 542 g/mol. The lowest BCUT2D eigenvalue weighted by atomic mass is 10.1. The van der Waals surface area contributed by atoms with Crippen LogP contribution in [0.2, 0.25) is 0 Å². The molecule has 3 N–H and O–H groups in total. The predicted octanol–water partition coefficient (Wildman–Crippen LogP) is 3.94. The summed E-state index contributed by atoms with van der Waals surface area (Å²) >= 11 is 0. The van der Waals surface area contributed by atoms with Crippen molar-refractivity contribution >= 4 is 29.9 Å². The molecule has 1 aliphatic heterocycles. The van der Waals surface area contributed by atoms with E-state index in [1.54, 1.807) is 19.4 Å². The molecule has 1 saturated heterocycles. The Hall–Kier alpha value is -1.94. The summed E-state index contributed by atoms with van der Waals surface area (Å²) in [6, 6.07) is 9.60. The zero-order valence-corrected chi connectivity index (χ0v) is 20.8. The third-order valence-electron chi connectivity index (χ3n) is 5.42. The standard InChI is InChI=1S/C23H34N4O3.HI/c1-3-24-23(25-12-11-18-9-10-20(28)22(16-18)29-2)26-17-19(21-8-7-15-30-21)27-13-5-4-6-14-27;/h7-10,15-16,19,28H,3-6,11-14,17H2,1-2H3,(H2,24,25,26);1H. The molecular weight excluding hydrogens is 507 g/mol. The summed E-state index contributed by atoms with van der Waals surface area (Å²) in [6.07, 6.45) is 6.31. The number of guanidine groups is 1. The smallest absolute Gasteiger partial charge is 0.191 e. The number of benzene rings is 1. The van der Waals surface area contributed by atoms with Crippen LogP contribution in [0.3, 0.4) is 0 Å². The number of aliphatic imine (C=N–C) groups is 1. The summed E-state index contributed by atoms with van der Waals surface area (Å²) in [5, 5.41) is 16.5. The van der Waals surface area contributed by atoms with Crippen LogP contribution in [0.4, 0.5) is 0 Å². The zero-order chi connectivity index (χ0) is 21.2. The maximum atomic E-state index is 9.74. The Labute approximate surface area is 202 Å². The van der Waals surface area contributed by atoms with Gasteiger partial charge in [0.25, 0.3) is 0 Å². The van der Waals surface area contributed by atoms with Gasteiger partial charge >= 0.3 is 0 Å². The lowest BCUT2D eigenvalue weighted by Gasteiger charge is -2.32. The summed E-state index contributed by atoms with van der Waals surface area (Å²) in [6.45, 7) is 6.43. The van der Waals surface area contributed by atoms with Gasteiger partial charge in [0.05, 0.1) is 26.0 Å². The maximum Gasteiger partial charge on any atom is 0.191 e. The van der Waals surface area contributed by atoms with Gasteiger partial charge in [-0.25, -0.2) is 0 Å². The number of methoxy groups -OCH3 is 1. The van der Waals surface area contributed by atoms with Gasteiger partial charge in [0.2, 0.25) is 0 Å². The number of likely N-dealkylation sites (tertiary alicyclic amines) is 1. The molecule has 172 valence electrons. The molecule has 8 heteroatoms. The van der Waals surface area contributed by atoms with E-state index in [0.717, 1.165) is 49.9 Å². The fourth-order valence-corrected chi connectivity index (χ4v) is 3.82. The van der Waals surface area contributed by atoms with Gasteiger partial charge in [-0.05, 0) is 69.1 Å². The van der Waals surface area contributed by atoms with Crippen molar-refractivity contribution in [3.05, 3.63) is 47.9 Å². The topological polar surface area (TPSA) is 82.3 Å². The molecule has 1 fully saturated rings. The van der Waals surface area contributed by atoms with Crippen LogP contribution in [-0.2, 0) is 6.42 Å². The van der Waals surface area contributed by atoms with E-state index in [1.807, 2.05) is 24.3 Å². The monoisotopic (exact) mass is 542 g/mol. The maximum absolute atomic E-state index is 9.74. The molecule has 0 spiro atoms. The van der Waals surface area contributed by atoms with Gasteiger partial charge in [0.15, 0.2) is 17.5 Å². The first-order valence-corrected chi connectivity index (χ1v) is 10.9. The zero-order valence-electron chi connectivity index (χ0n) is 18.5. The summed E-state index contributed by atoms with van der Waals surface area (Å²) in [5.41, 5.74) is 1.09. The quantitative estimate of drug-likeness (QED) is 0.253. The van der Waals surface area contributed by atoms with Crippen molar-refractivity contribution in [2.24, 2.45) is 4.99 Å². The normalized spacial score (nSPS) is 15.7. The third-order valence-corrected chi connectivity index (χ3v) is 5.42. The van der Waals surface area contributed by atoms with Gasteiger partial charge < -0.3 is 24.9 Å². The molecule has 7 nitrogen and oxygen atoms in total. The molecule has 0 saturated carbocycles. The Morgan fingerprint density at radius 3 is 2.71 bits per heavy atom. The third kappa shape index (κ3) is 7.60. The minimum absolute atomic E-state index is 0. The highest BCUT2D eigenvalue weighted by Gasteiger charge is 2.24. The van der Waals surface area contributed by atoms with E-state index in [9.17, 15) is 5.11 Å². The van der Waals surface area contributed by atoms with E-state index in [1.165, 1.54) is 19.3 Å². The number of ether oxygens (including phenoxy) is 1. The number of phenols is 1. The number of hydrogen-bond acceptors (Lipinski definition) is 5. The van der Waals surface area contributed by atoms with Crippen LogP contribution in [0, 0.1) is 0 Å². The van der Waals surface area contributed by atoms with Crippen molar-refractivity contribution in [1.29, 1.82) is 0 Å². The van der Waals surface area contributed by atoms with Crippen molar-refractivity contribution in [1.82, 2.24) is 15.5 Å². The molecule has 1 aromatic carbocycles. The van der Waals surface area contributed by atoms with Crippen molar-refractivity contribution < 1.29 is 14.3 Å². The highest BCUT2D eigenvalue weighted by molar-refractivity contribution is 14.0. The van der Waals surface area contributed by atoms with Crippen LogP contribution >= 0.6 is 24.0 Å². The number of piperidine rings is 1. The lowest BCUT2D eigenvalue weighted by Crippen LogP contribution is -2.40. The van der Waals surface area contributed by atoms with Crippen LogP contribution < -0.4 is 15.4 Å². The molecule has 0 bridgehead atoms. The van der Waals surface area contributed by atoms with Gasteiger partial charge in [0.1, 0.15) is 5.76 Å². The van der Waals surface area contributed by atoms with E-state index in [0.29, 0.717) is 12.3 Å². The highest BCUT2D eigenvalue weighted by atomic mass is 127. The van der Waals surface area contributed by atoms with Crippen LogP contribution in [0.5, 0.6) is 11.5 Å². The van der Waals surface area contributed by atoms with Crippen LogP contribution in [-0.4, -0.2) is 55.8 Å². The van der Waals surface area contributed by atoms with E-state index < -0.39 is 0 Å². The molecule has 0 amide bonds. The second-order valence-corrected chi connectivity index (χ2v) is 7.53. The number of furan rings is 1. The Morgan fingerprint density at radius 2 is 2.03 bits per heavy atom. The minimum Gasteiger partial charge on any atom is -0.504 e. The van der Waals surface area contributed by atoms with Crippen LogP contribution in [0.1, 0.15) is 43.6 Å². The van der Waals surface area contributed by atoms with E-state index in [2.05, 4.69) is 22.5 Å². The Kier molecular flexibility index (Phi) is 11.0. The summed E-state index contributed by atoms with van der Waals surface area (Å²) in [7, 11) is 1.56. The molecule has 3 rings (SSSR count). The summed E-state index contributed by atoms with van der Waals surface area (Å²) in [4.78, 5) is 7.34. The second-order valence-electron chi connectivity index (χ2n) is 7.53. The molecule has 1 unspecified atom stereocenters. The molecular formula is C23H35IN4O3. The first-order chi connectivity index (χ1) is 14.7. The fraction of sp³-hybridized carbons (Fsp3) is 0.522. The van der Waals surface area contributed by atoms with Gasteiger partial charge in [-0.3, -0.25) is 9.89 Å². The van der Waals surface area contributed by atoms with E-state index >= 15 is 0 Å². The fourth-order valence-electron chi connectivity index (χ4n) is 3.82. The van der Waals surface area contributed by atoms with E-state index in [-0.39, 0.29) is 35.8 Å². The number of halogens is 1. The SMILES string of the molecule is CCNC(=NCC(c1ccco1)N1CCCCC1)NCCc1ccc(O)c(OC)c1.I. The Morgan fingerprint density at radius 1 is 1.23 bits per heavy atom. The van der Waals surface area contributed by atoms with Gasteiger partial charge in [0, 0.05) is 13.1 Å². The molecule has 1 aliphatic rings. The van der Waals surface area contributed by atoms with Crippen molar-refractivity contribution in [3.63, 3.8) is 0 Å². The molecule has 2 heterocycles. The molecule has 31 heavy (non-hydrogen) atoms. The first kappa shape index (κ1) is 25.3. The second kappa shape index (κ2) is 13.5. The number of hydrogen-bond donors (Lipinski definition) is 3. The van der Waals surface area contributed by atoms with Gasteiger partial charge in [-0.2, -0.15) is 0 Å². The molecule has 2 aromatic rings. The number of nitrogens with zero attached hydrogens (tertiary/aromatic N) is 2. The number of rotatable bonds is 9. The Balaban J connectivity index is 0.00000341. The largest absolute Gasteiger partial charge is 0.504 e. The first-order valence-electron chi connectivity index (χ1n) is 10.9. The van der Waals surface area contributed by atoms with E-state index in [4.69, 9.17) is 14.1 Å². The van der Waals surface area contributed by atoms with Crippen molar-refractivity contribution in [2.75, 3.05) is 39.8 Å². The van der Waals surface area contributed by atoms with Crippen LogP contribution in [0.25, 0.3) is 0 Å². The molecule has 0 aliphatic carbocycles. The van der Waals surface area contributed by atoms with Gasteiger partial charge in [-0.1, -0.05) is 12.5 Å². The van der Waals surface area contributed by atoms with Crippen LogP contribution in [0.15, 0.2) is 46.0 Å². The number of nitrogens with one attached hydrogen (secondary N) is 2. The number of phenolic OH excluding ortho intramolecular Hbond substituents is 1. The predicted molar refractivity (Wildman–Crippen MR) is 135 cm³/mol. The van der Waals surface area contributed by atoms with Crippen molar-refractivity contribution in [2.45, 2.75) is 38.6 Å². The summed E-state index contributed by atoms with van der Waals surface area (Å²) < 4.78 is 10.9. The van der Waals surface area contributed by atoms with Gasteiger partial charge in [-0.15, -0.1) is 24.0 Å². The highest BCUT2D eigenvalue weighted by Crippen LogP contribution is 2.27. The molecule has 1 aromatic heterocycles. The Bertz CT molecular complexity index is 792. The summed E-state index contributed by atoms with van der Waals surface area (Å²) in [5.74, 6) is 2.44. The number of aromatic hydroxyl groups is 1. The molecule has 1 atom stereocenters.